The van der Waals surface area contributed by atoms with Gasteiger partial charge in [-0.15, -0.1) is 10.2 Å². The lowest BCUT2D eigenvalue weighted by Gasteiger charge is -2.33. The van der Waals surface area contributed by atoms with Crippen LogP contribution < -0.4 is 0 Å². The second-order valence-electron chi connectivity index (χ2n) is 5.94. The molecule has 0 bridgehead atoms. The van der Waals surface area contributed by atoms with Crippen LogP contribution in [-0.2, 0) is 16.0 Å². The fourth-order valence-corrected chi connectivity index (χ4v) is 3.25. The summed E-state index contributed by atoms with van der Waals surface area (Å²) in [6, 6.07) is 1.78. The van der Waals surface area contributed by atoms with Crippen molar-refractivity contribution in [3.05, 3.63) is 34.2 Å². The molecule has 7 heteroatoms. The molecule has 0 aliphatic carbocycles. The minimum Gasteiger partial charge on any atom is -0.423 e. The lowest BCUT2D eigenvalue weighted by Crippen LogP contribution is -2.43. The van der Waals surface area contributed by atoms with Gasteiger partial charge in [0.05, 0.1) is 13.2 Å². The van der Waals surface area contributed by atoms with Crippen LogP contribution in [0.3, 0.4) is 0 Å². The Balaban J connectivity index is 1.68. The minimum atomic E-state index is -0.279. The van der Waals surface area contributed by atoms with Gasteiger partial charge in [-0.05, 0) is 28.8 Å². The van der Waals surface area contributed by atoms with Gasteiger partial charge >= 0.3 is 0 Å². The van der Waals surface area contributed by atoms with Crippen LogP contribution in [0, 0.1) is 0 Å². The highest BCUT2D eigenvalue weighted by Crippen LogP contribution is 2.26. The minimum absolute atomic E-state index is 0.105. The van der Waals surface area contributed by atoms with Crippen LogP contribution in [0.15, 0.2) is 21.2 Å². The quantitative estimate of drug-likeness (QED) is 0.840. The molecule has 1 aliphatic heterocycles. The van der Waals surface area contributed by atoms with E-state index in [0.29, 0.717) is 38.0 Å². The van der Waals surface area contributed by atoms with Crippen molar-refractivity contribution in [1.82, 2.24) is 15.1 Å². The molecule has 0 N–H and O–H groups in total. The number of morpholine rings is 1. The highest BCUT2D eigenvalue weighted by atomic mass is 32.1. The lowest BCUT2D eigenvalue weighted by atomic mass is 10.1. The van der Waals surface area contributed by atoms with Gasteiger partial charge in [-0.1, -0.05) is 13.8 Å². The Bertz CT molecular complexity index is 639. The molecular formula is C16H21N3O3S. The van der Waals surface area contributed by atoms with Crippen molar-refractivity contribution in [1.29, 1.82) is 0 Å². The smallest absolute Gasteiger partial charge is 0.241 e. The van der Waals surface area contributed by atoms with Crippen LogP contribution in [0.1, 0.15) is 49.6 Å². The van der Waals surface area contributed by atoms with E-state index in [-0.39, 0.29) is 17.9 Å². The number of carbonyl (C=O) groups excluding carboxylic acids is 1. The Morgan fingerprint density at radius 1 is 1.48 bits per heavy atom. The summed E-state index contributed by atoms with van der Waals surface area (Å²) >= 11 is 1.65. The monoisotopic (exact) mass is 335 g/mol. The standard InChI is InChI=1S/C16H21N3O3S/c1-11(2)15-17-18-16(22-15)13-9-21-7-6-19(13)14(20)4-3-12-5-8-23-10-12/h5,8,10-11,13H,3-4,6-7,9H2,1-2H3/t13-/m1/s1. The maximum atomic E-state index is 12.6. The summed E-state index contributed by atoms with van der Waals surface area (Å²) in [6.45, 7) is 5.51. The van der Waals surface area contributed by atoms with Crippen LogP contribution in [0.4, 0.5) is 0 Å². The molecule has 0 aromatic carbocycles. The third-order valence-corrected chi connectivity index (χ3v) is 4.62. The number of aryl methyl sites for hydroxylation is 1. The number of hydrogen-bond acceptors (Lipinski definition) is 6. The van der Waals surface area contributed by atoms with Gasteiger partial charge < -0.3 is 14.1 Å². The first kappa shape index (κ1) is 16.1. The number of hydrogen-bond donors (Lipinski definition) is 0. The third-order valence-electron chi connectivity index (χ3n) is 3.89. The summed E-state index contributed by atoms with van der Waals surface area (Å²) < 4.78 is 11.2. The molecule has 2 aromatic rings. The summed E-state index contributed by atoms with van der Waals surface area (Å²) in [5, 5.41) is 12.3. The first-order valence-electron chi connectivity index (χ1n) is 7.86. The zero-order valence-electron chi connectivity index (χ0n) is 13.4. The van der Waals surface area contributed by atoms with Crippen LogP contribution in [-0.4, -0.2) is 40.8 Å². The van der Waals surface area contributed by atoms with E-state index in [1.807, 2.05) is 24.1 Å². The SMILES string of the molecule is CC(C)c1nnc([C@H]2COCCN2C(=O)CCc2ccsc2)o1. The summed E-state index contributed by atoms with van der Waals surface area (Å²) in [5.74, 6) is 1.34. The number of rotatable bonds is 5. The van der Waals surface area contributed by atoms with Gasteiger partial charge in [-0.2, -0.15) is 11.3 Å². The molecule has 1 fully saturated rings. The Labute approximate surface area is 139 Å². The van der Waals surface area contributed by atoms with Gasteiger partial charge in [-0.3, -0.25) is 4.79 Å². The zero-order chi connectivity index (χ0) is 16.2. The summed E-state index contributed by atoms with van der Waals surface area (Å²) in [6.07, 6.45) is 1.24. The van der Waals surface area contributed by atoms with Crippen LogP contribution in [0.25, 0.3) is 0 Å². The topological polar surface area (TPSA) is 68.5 Å². The Morgan fingerprint density at radius 3 is 3.04 bits per heavy atom. The highest BCUT2D eigenvalue weighted by molar-refractivity contribution is 7.07. The van der Waals surface area contributed by atoms with Crippen LogP contribution in [0.5, 0.6) is 0 Å². The predicted octanol–water partition coefficient (Wildman–Crippen LogP) is 2.79. The van der Waals surface area contributed by atoms with Crippen molar-refractivity contribution in [2.24, 2.45) is 0 Å². The van der Waals surface area contributed by atoms with Crippen molar-refractivity contribution < 1.29 is 13.9 Å². The summed E-state index contributed by atoms with van der Waals surface area (Å²) in [7, 11) is 0. The molecule has 0 saturated carbocycles. The van der Waals surface area contributed by atoms with Gasteiger partial charge in [0.15, 0.2) is 0 Å². The molecule has 1 atom stereocenters. The molecular weight excluding hydrogens is 314 g/mol. The number of nitrogens with zero attached hydrogens (tertiary/aromatic N) is 3. The van der Waals surface area contributed by atoms with E-state index in [1.54, 1.807) is 11.3 Å². The highest BCUT2D eigenvalue weighted by Gasteiger charge is 2.32. The molecule has 1 amide bonds. The van der Waals surface area contributed by atoms with E-state index in [0.717, 1.165) is 6.42 Å². The number of carbonyl (C=O) groups is 1. The van der Waals surface area contributed by atoms with Crippen molar-refractivity contribution in [3.8, 4) is 0 Å². The normalized spacial score (nSPS) is 18.6. The lowest BCUT2D eigenvalue weighted by molar-refractivity contribution is -0.141. The van der Waals surface area contributed by atoms with E-state index in [9.17, 15) is 4.79 Å². The molecule has 3 rings (SSSR count). The molecule has 0 radical (unpaired) electrons. The van der Waals surface area contributed by atoms with E-state index in [2.05, 4.69) is 21.6 Å². The molecule has 0 spiro atoms. The number of amides is 1. The number of ether oxygens (including phenoxy) is 1. The predicted molar refractivity (Wildman–Crippen MR) is 86.3 cm³/mol. The average Bonchev–Trinajstić information content (AvgIpc) is 3.24. The van der Waals surface area contributed by atoms with E-state index < -0.39 is 0 Å². The molecule has 2 aromatic heterocycles. The van der Waals surface area contributed by atoms with Crippen molar-refractivity contribution in [2.75, 3.05) is 19.8 Å². The second-order valence-corrected chi connectivity index (χ2v) is 6.72. The molecule has 0 unspecified atom stereocenters. The largest absolute Gasteiger partial charge is 0.423 e. The molecule has 1 saturated heterocycles. The first-order chi connectivity index (χ1) is 11.1. The van der Waals surface area contributed by atoms with Crippen molar-refractivity contribution >= 4 is 17.2 Å². The van der Waals surface area contributed by atoms with Crippen LogP contribution >= 0.6 is 11.3 Å². The Kier molecular flexibility index (Phi) is 5.07. The third kappa shape index (κ3) is 3.79. The van der Waals surface area contributed by atoms with E-state index in [1.165, 1.54) is 5.56 Å². The fraction of sp³-hybridized carbons (Fsp3) is 0.562. The fourth-order valence-electron chi connectivity index (χ4n) is 2.55. The Hall–Kier alpha value is -1.73. The molecule has 23 heavy (non-hydrogen) atoms. The van der Waals surface area contributed by atoms with Crippen LogP contribution in [0.2, 0.25) is 0 Å². The van der Waals surface area contributed by atoms with Gasteiger partial charge in [-0.25, -0.2) is 0 Å². The second kappa shape index (κ2) is 7.23. The molecule has 3 heterocycles. The average molecular weight is 335 g/mol. The summed E-state index contributed by atoms with van der Waals surface area (Å²) in [4.78, 5) is 14.4. The van der Waals surface area contributed by atoms with E-state index >= 15 is 0 Å². The molecule has 1 aliphatic rings. The zero-order valence-corrected chi connectivity index (χ0v) is 14.2. The van der Waals surface area contributed by atoms with Gasteiger partial charge in [0, 0.05) is 18.9 Å². The van der Waals surface area contributed by atoms with Crippen molar-refractivity contribution in [3.63, 3.8) is 0 Å². The first-order valence-corrected chi connectivity index (χ1v) is 8.81. The number of aromatic nitrogens is 2. The van der Waals surface area contributed by atoms with Crippen molar-refractivity contribution in [2.45, 2.75) is 38.6 Å². The van der Waals surface area contributed by atoms with E-state index in [4.69, 9.17) is 9.15 Å². The van der Waals surface area contributed by atoms with Gasteiger partial charge in [0.2, 0.25) is 17.7 Å². The Morgan fingerprint density at radius 2 is 2.35 bits per heavy atom. The molecule has 6 nitrogen and oxygen atoms in total. The number of thiophene rings is 1. The van der Waals surface area contributed by atoms with Gasteiger partial charge in [0.25, 0.3) is 0 Å². The van der Waals surface area contributed by atoms with Gasteiger partial charge in [0.1, 0.15) is 6.04 Å². The molecule has 124 valence electrons. The maximum Gasteiger partial charge on any atom is 0.241 e. The summed E-state index contributed by atoms with van der Waals surface area (Å²) in [5.41, 5.74) is 1.20. The maximum absolute atomic E-state index is 12.6.